The van der Waals surface area contributed by atoms with Gasteiger partial charge in [0.05, 0.1) is 19.3 Å². The number of hydrogen-bond donors (Lipinski definition) is 0. The molecule has 0 N–H and O–H groups in total. The summed E-state index contributed by atoms with van der Waals surface area (Å²) in [5.41, 5.74) is 0. The Morgan fingerprint density at radius 3 is 2.24 bits per heavy atom. The number of carbonyl (C=O) groups excluding carboxylic acids is 2. The quantitative estimate of drug-likeness (QED) is 0.757. The molecule has 0 aromatic heterocycles. The lowest BCUT2D eigenvalue weighted by Crippen LogP contribution is -2.57. The van der Waals surface area contributed by atoms with Gasteiger partial charge in [-0.1, -0.05) is 6.42 Å². The van der Waals surface area contributed by atoms with Crippen LogP contribution in [0.3, 0.4) is 0 Å². The molecule has 2 aliphatic carbocycles. The van der Waals surface area contributed by atoms with Gasteiger partial charge in [0.25, 0.3) is 0 Å². The first-order valence-corrected chi connectivity index (χ1v) is 10.0. The third-order valence-electron chi connectivity index (χ3n) is 6.91. The van der Waals surface area contributed by atoms with Gasteiger partial charge in [0.15, 0.2) is 0 Å². The Hall–Kier alpha value is -1.14. The number of rotatable bonds is 3. The van der Waals surface area contributed by atoms with Gasteiger partial charge in [-0.05, 0) is 38.0 Å². The molecule has 0 radical (unpaired) electrons. The van der Waals surface area contributed by atoms with Crippen molar-refractivity contribution >= 4 is 11.8 Å². The molecule has 2 saturated carbocycles. The average Bonchev–Trinajstić information content (AvgIpc) is 3.30. The normalized spacial score (nSPS) is 34.4. The summed E-state index contributed by atoms with van der Waals surface area (Å²) in [5.74, 6) is 2.34. The number of morpholine rings is 1. The van der Waals surface area contributed by atoms with Crippen molar-refractivity contribution in [2.75, 3.05) is 52.5 Å². The summed E-state index contributed by atoms with van der Waals surface area (Å²) in [6.07, 6.45) is 4.99. The molecule has 2 bridgehead atoms. The molecule has 2 saturated heterocycles. The minimum Gasteiger partial charge on any atom is -0.378 e. The van der Waals surface area contributed by atoms with Gasteiger partial charge in [0.1, 0.15) is 0 Å². The Bertz CT molecular complexity index is 512. The number of piperazine rings is 1. The van der Waals surface area contributed by atoms with Gasteiger partial charge in [-0.15, -0.1) is 0 Å². The van der Waals surface area contributed by atoms with Gasteiger partial charge in [-0.3, -0.25) is 14.5 Å². The number of carbonyl (C=O) groups is 2. The third-order valence-corrected chi connectivity index (χ3v) is 6.91. The Balaban J connectivity index is 1.27. The van der Waals surface area contributed by atoms with E-state index in [0.717, 1.165) is 38.5 Å². The number of ether oxygens (including phenoxy) is 1. The molecule has 0 aromatic rings. The van der Waals surface area contributed by atoms with E-state index in [2.05, 4.69) is 9.80 Å². The highest BCUT2D eigenvalue weighted by atomic mass is 16.5. The molecule has 0 aromatic carbocycles. The van der Waals surface area contributed by atoms with Crippen LogP contribution in [0.2, 0.25) is 0 Å². The van der Waals surface area contributed by atoms with E-state index in [-0.39, 0.29) is 17.9 Å². The molecule has 2 amide bonds. The predicted molar refractivity (Wildman–Crippen MR) is 94.0 cm³/mol. The highest BCUT2D eigenvalue weighted by molar-refractivity contribution is 5.82. The standard InChI is InChI=1S/C19H31N3O3/c1-14(18(23)22-8-10-25-11-9-22)20-4-6-21(7-5-20)19(24)17-13-15-2-3-16(17)12-15/h14-17H,2-13H2,1H3/t14-,15+,16+,17-/m1/s1. The largest absolute Gasteiger partial charge is 0.378 e. The Morgan fingerprint density at radius 1 is 0.920 bits per heavy atom. The Labute approximate surface area is 150 Å². The predicted octanol–water partition coefficient (Wildman–Crippen LogP) is 0.814. The van der Waals surface area contributed by atoms with Crippen LogP contribution in [0.4, 0.5) is 0 Å². The highest BCUT2D eigenvalue weighted by Crippen LogP contribution is 2.48. The zero-order valence-corrected chi connectivity index (χ0v) is 15.4. The van der Waals surface area contributed by atoms with E-state index in [1.807, 2.05) is 11.8 Å². The van der Waals surface area contributed by atoms with Crippen molar-refractivity contribution in [1.82, 2.24) is 14.7 Å². The maximum absolute atomic E-state index is 12.9. The second-order valence-electron chi connectivity index (χ2n) is 8.26. The zero-order chi connectivity index (χ0) is 17.4. The van der Waals surface area contributed by atoms with Crippen LogP contribution in [0, 0.1) is 17.8 Å². The fraction of sp³-hybridized carbons (Fsp3) is 0.895. The lowest BCUT2D eigenvalue weighted by atomic mass is 9.87. The third kappa shape index (κ3) is 3.43. The number of hydrogen-bond acceptors (Lipinski definition) is 4. The first-order valence-electron chi connectivity index (χ1n) is 10.0. The fourth-order valence-electron chi connectivity index (χ4n) is 5.32. The molecule has 140 valence electrons. The van der Waals surface area contributed by atoms with Crippen molar-refractivity contribution in [3.05, 3.63) is 0 Å². The molecule has 2 heterocycles. The van der Waals surface area contributed by atoms with Crippen molar-refractivity contribution in [2.24, 2.45) is 17.8 Å². The zero-order valence-electron chi connectivity index (χ0n) is 15.4. The van der Waals surface area contributed by atoms with Crippen molar-refractivity contribution in [1.29, 1.82) is 0 Å². The summed E-state index contributed by atoms with van der Waals surface area (Å²) in [5, 5.41) is 0. The summed E-state index contributed by atoms with van der Waals surface area (Å²) >= 11 is 0. The van der Waals surface area contributed by atoms with Crippen molar-refractivity contribution in [3.8, 4) is 0 Å². The van der Waals surface area contributed by atoms with Crippen LogP contribution in [0.25, 0.3) is 0 Å². The molecule has 2 aliphatic heterocycles. The number of nitrogens with zero attached hydrogens (tertiary/aromatic N) is 3. The van der Waals surface area contributed by atoms with Crippen molar-refractivity contribution in [2.45, 2.75) is 38.6 Å². The molecule has 0 unspecified atom stereocenters. The van der Waals surface area contributed by atoms with Gasteiger partial charge in [-0.25, -0.2) is 0 Å². The second kappa shape index (κ2) is 7.23. The van der Waals surface area contributed by atoms with Gasteiger partial charge in [-0.2, -0.15) is 0 Å². The molecular formula is C19H31N3O3. The maximum atomic E-state index is 12.9. The van der Waals surface area contributed by atoms with Crippen LogP contribution >= 0.6 is 0 Å². The molecule has 0 spiro atoms. The van der Waals surface area contributed by atoms with Crippen LogP contribution < -0.4 is 0 Å². The second-order valence-corrected chi connectivity index (χ2v) is 8.26. The van der Waals surface area contributed by atoms with E-state index < -0.39 is 0 Å². The van der Waals surface area contributed by atoms with Crippen LogP contribution in [0.5, 0.6) is 0 Å². The highest BCUT2D eigenvalue weighted by Gasteiger charge is 2.44. The smallest absolute Gasteiger partial charge is 0.239 e. The van der Waals surface area contributed by atoms with E-state index in [0.29, 0.717) is 38.1 Å². The summed E-state index contributed by atoms with van der Waals surface area (Å²) < 4.78 is 5.33. The van der Waals surface area contributed by atoms with Crippen LogP contribution in [0.1, 0.15) is 32.6 Å². The van der Waals surface area contributed by atoms with E-state index in [4.69, 9.17) is 4.74 Å². The molecule has 4 rings (SSSR count). The minimum atomic E-state index is -0.0992. The molecule has 4 fully saturated rings. The number of amides is 2. The van der Waals surface area contributed by atoms with E-state index in [9.17, 15) is 9.59 Å². The first kappa shape index (κ1) is 17.3. The minimum absolute atomic E-state index is 0.0992. The summed E-state index contributed by atoms with van der Waals surface area (Å²) in [6, 6.07) is -0.0992. The van der Waals surface area contributed by atoms with E-state index >= 15 is 0 Å². The fourth-order valence-corrected chi connectivity index (χ4v) is 5.32. The maximum Gasteiger partial charge on any atom is 0.239 e. The lowest BCUT2D eigenvalue weighted by molar-refractivity contribution is -0.143. The molecule has 4 aliphatic rings. The van der Waals surface area contributed by atoms with E-state index in [1.54, 1.807) is 0 Å². The van der Waals surface area contributed by atoms with Gasteiger partial charge in [0.2, 0.25) is 11.8 Å². The summed E-state index contributed by atoms with van der Waals surface area (Å²) in [7, 11) is 0. The van der Waals surface area contributed by atoms with Gasteiger partial charge >= 0.3 is 0 Å². The Morgan fingerprint density at radius 2 is 1.64 bits per heavy atom. The molecule has 6 heteroatoms. The molecule has 4 atom stereocenters. The van der Waals surface area contributed by atoms with Crippen molar-refractivity contribution in [3.63, 3.8) is 0 Å². The summed E-state index contributed by atoms with van der Waals surface area (Å²) in [4.78, 5) is 31.7. The van der Waals surface area contributed by atoms with Crippen molar-refractivity contribution < 1.29 is 14.3 Å². The lowest BCUT2D eigenvalue weighted by Gasteiger charge is -2.40. The average molecular weight is 349 g/mol. The first-order chi connectivity index (χ1) is 12.1. The molecule has 25 heavy (non-hydrogen) atoms. The van der Waals surface area contributed by atoms with Gasteiger partial charge < -0.3 is 14.5 Å². The number of fused-ring (bicyclic) bond motifs is 2. The van der Waals surface area contributed by atoms with Crippen LogP contribution in [-0.4, -0.2) is 85.0 Å². The monoisotopic (exact) mass is 349 g/mol. The van der Waals surface area contributed by atoms with Crippen LogP contribution in [0.15, 0.2) is 0 Å². The van der Waals surface area contributed by atoms with Gasteiger partial charge in [0, 0.05) is 45.2 Å². The Kier molecular flexibility index (Phi) is 5.00. The van der Waals surface area contributed by atoms with E-state index in [1.165, 1.54) is 19.3 Å². The molecule has 6 nitrogen and oxygen atoms in total. The summed E-state index contributed by atoms with van der Waals surface area (Å²) in [6.45, 7) is 7.85. The SMILES string of the molecule is C[C@H](C(=O)N1CCOCC1)N1CCN(C(=O)[C@@H]2C[C@H]3CC[C@H]2C3)CC1. The topological polar surface area (TPSA) is 53.1 Å². The molecular weight excluding hydrogens is 318 g/mol. The van der Waals surface area contributed by atoms with Crippen LogP contribution in [-0.2, 0) is 14.3 Å².